The van der Waals surface area contributed by atoms with E-state index in [0.717, 1.165) is 47.4 Å². The number of nitrogens with zero attached hydrogens (tertiary/aromatic N) is 3. The maximum Gasteiger partial charge on any atom is 0.252 e. The molecular formula is C17H19IN4O. The highest BCUT2D eigenvalue weighted by atomic mass is 127. The number of aromatic nitrogens is 2. The molecule has 0 saturated carbocycles. The van der Waals surface area contributed by atoms with E-state index in [4.69, 9.17) is 0 Å². The molecule has 6 heteroatoms. The van der Waals surface area contributed by atoms with Gasteiger partial charge in [0.15, 0.2) is 0 Å². The first-order valence-corrected chi connectivity index (χ1v) is 8.85. The molecule has 1 aliphatic rings. The molecule has 0 unspecified atom stereocenters. The monoisotopic (exact) mass is 422 g/mol. The average molecular weight is 422 g/mol. The Bertz CT molecular complexity index is 657. The van der Waals surface area contributed by atoms with Crippen molar-refractivity contribution in [1.29, 1.82) is 0 Å². The maximum absolute atomic E-state index is 12.2. The highest BCUT2D eigenvalue weighted by Crippen LogP contribution is 2.20. The van der Waals surface area contributed by atoms with Crippen LogP contribution >= 0.6 is 22.6 Å². The molecule has 1 aliphatic heterocycles. The van der Waals surface area contributed by atoms with Crippen LogP contribution in [0.5, 0.6) is 0 Å². The van der Waals surface area contributed by atoms with Gasteiger partial charge in [0.2, 0.25) is 0 Å². The Hall–Kier alpha value is -1.70. The molecule has 5 nitrogen and oxygen atoms in total. The SMILES string of the molecule is O=C(NCC1CCN(c2cnccn2)CC1)c1ccccc1I. The summed E-state index contributed by atoms with van der Waals surface area (Å²) in [6.07, 6.45) is 7.34. The second-order valence-corrected chi connectivity index (χ2v) is 6.85. The van der Waals surface area contributed by atoms with E-state index < -0.39 is 0 Å². The zero-order valence-corrected chi connectivity index (χ0v) is 14.9. The fraction of sp³-hybridized carbons (Fsp3) is 0.353. The first-order valence-electron chi connectivity index (χ1n) is 7.78. The second kappa shape index (κ2) is 7.72. The Balaban J connectivity index is 1.48. The lowest BCUT2D eigenvalue weighted by Gasteiger charge is -2.32. The number of amides is 1. The molecule has 1 aromatic carbocycles. The number of carbonyl (C=O) groups is 1. The third-order valence-electron chi connectivity index (χ3n) is 4.16. The summed E-state index contributed by atoms with van der Waals surface area (Å²) in [5.74, 6) is 1.48. The number of anilines is 1. The largest absolute Gasteiger partial charge is 0.355 e. The van der Waals surface area contributed by atoms with Gasteiger partial charge in [-0.25, -0.2) is 4.98 Å². The van der Waals surface area contributed by atoms with Gasteiger partial charge in [0.1, 0.15) is 5.82 Å². The number of halogens is 1. The first kappa shape index (κ1) is 16.2. The number of hydrogen-bond donors (Lipinski definition) is 1. The summed E-state index contributed by atoms with van der Waals surface area (Å²) in [7, 11) is 0. The van der Waals surface area contributed by atoms with E-state index in [2.05, 4.69) is 42.8 Å². The van der Waals surface area contributed by atoms with Crippen LogP contribution < -0.4 is 10.2 Å². The van der Waals surface area contributed by atoms with Crippen molar-refractivity contribution in [2.45, 2.75) is 12.8 Å². The minimum absolute atomic E-state index is 0.0198. The van der Waals surface area contributed by atoms with E-state index in [1.54, 1.807) is 18.6 Å². The molecule has 1 N–H and O–H groups in total. The third kappa shape index (κ3) is 4.19. The van der Waals surface area contributed by atoms with E-state index in [-0.39, 0.29) is 5.91 Å². The minimum Gasteiger partial charge on any atom is -0.355 e. The highest BCUT2D eigenvalue weighted by molar-refractivity contribution is 14.1. The van der Waals surface area contributed by atoms with Crippen LogP contribution in [0.15, 0.2) is 42.9 Å². The average Bonchev–Trinajstić information content (AvgIpc) is 2.61. The Morgan fingerprint density at radius 2 is 2.04 bits per heavy atom. The maximum atomic E-state index is 12.2. The highest BCUT2D eigenvalue weighted by Gasteiger charge is 2.21. The minimum atomic E-state index is 0.0198. The van der Waals surface area contributed by atoms with Gasteiger partial charge in [0.05, 0.1) is 11.8 Å². The Morgan fingerprint density at radius 1 is 1.26 bits per heavy atom. The van der Waals surface area contributed by atoms with Crippen LogP contribution in [0.25, 0.3) is 0 Å². The predicted octanol–water partition coefficient (Wildman–Crippen LogP) is 2.73. The van der Waals surface area contributed by atoms with Crippen molar-refractivity contribution in [3.05, 3.63) is 52.0 Å². The number of hydrogen-bond acceptors (Lipinski definition) is 4. The fourth-order valence-electron chi connectivity index (χ4n) is 2.80. The molecule has 2 heterocycles. The zero-order valence-electron chi connectivity index (χ0n) is 12.8. The van der Waals surface area contributed by atoms with E-state index in [1.807, 2.05) is 24.3 Å². The van der Waals surface area contributed by atoms with Gasteiger partial charge in [0, 0.05) is 35.6 Å². The molecule has 3 rings (SSSR count). The molecule has 1 saturated heterocycles. The van der Waals surface area contributed by atoms with Gasteiger partial charge in [-0.3, -0.25) is 9.78 Å². The topological polar surface area (TPSA) is 58.1 Å². The van der Waals surface area contributed by atoms with Crippen LogP contribution in [0.1, 0.15) is 23.2 Å². The summed E-state index contributed by atoms with van der Waals surface area (Å²) in [5, 5.41) is 3.07. The van der Waals surface area contributed by atoms with Gasteiger partial charge in [-0.2, -0.15) is 0 Å². The summed E-state index contributed by atoms with van der Waals surface area (Å²) < 4.78 is 0.986. The lowest BCUT2D eigenvalue weighted by molar-refractivity contribution is 0.0944. The summed E-state index contributed by atoms with van der Waals surface area (Å²) >= 11 is 2.20. The molecule has 0 bridgehead atoms. The van der Waals surface area contributed by atoms with E-state index in [1.165, 1.54) is 0 Å². The van der Waals surface area contributed by atoms with E-state index in [0.29, 0.717) is 5.92 Å². The summed E-state index contributed by atoms with van der Waals surface area (Å²) in [6.45, 7) is 2.66. The van der Waals surface area contributed by atoms with Crippen LogP contribution in [-0.2, 0) is 0 Å². The molecule has 1 aromatic heterocycles. The van der Waals surface area contributed by atoms with Crippen molar-refractivity contribution in [3.63, 3.8) is 0 Å². The molecule has 0 aliphatic carbocycles. The van der Waals surface area contributed by atoms with Gasteiger partial charge in [-0.1, -0.05) is 12.1 Å². The number of nitrogens with one attached hydrogen (secondary N) is 1. The van der Waals surface area contributed by atoms with Crippen molar-refractivity contribution in [2.24, 2.45) is 5.92 Å². The molecule has 0 atom stereocenters. The molecule has 2 aromatic rings. The summed E-state index contributed by atoms with van der Waals surface area (Å²) in [4.78, 5) is 23.0. The summed E-state index contributed by atoms with van der Waals surface area (Å²) in [6, 6.07) is 7.67. The van der Waals surface area contributed by atoms with Gasteiger partial charge in [0.25, 0.3) is 5.91 Å². The lowest BCUT2D eigenvalue weighted by Crippen LogP contribution is -2.39. The summed E-state index contributed by atoms with van der Waals surface area (Å²) in [5.41, 5.74) is 0.755. The van der Waals surface area contributed by atoms with E-state index in [9.17, 15) is 4.79 Å². The molecular weight excluding hydrogens is 403 g/mol. The number of rotatable bonds is 4. The Labute approximate surface area is 149 Å². The van der Waals surface area contributed by atoms with Gasteiger partial charge in [-0.15, -0.1) is 0 Å². The van der Waals surface area contributed by atoms with Crippen molar-refractivity contribution >= 4 is 34.3 Å². The molecule has 1 amide bonds. The van der Waals surface area contributed by atoms with Crippen LogP contribution in [0.3, 0.4) is 0 Å². The van der Waals surface area contributed by atoms with E-state index >= 15 is 0 Å². The second-order valence-electron chi connectivity index (χ2n) is 5.68. The van der Waals surface area contributed by atoms with Crippen LogP contribution in [0.4, 0.5) is 5.82 Å². The predicted molar refractivity (Wildman–Crippen MR) is 98.5 cm³/mol. The van der Waals surface area contributed by atoms with Crippen molar-refractivity contribution in [2.75, 3.05) is 24.5 Å². The van der Waals surface area contributed by atoms with Gasteiger partial charge >= 0.3 is 0 Å². The smallest absolute Gasteiger partial charge is 0.252 e. The van der Waals surface area contributed by atoms with Crippen LogP contribution in [0, 0.1) is 9.49 Å². The van der Waals surface area contributed by atoms with Gasteiger partial charge in [-0.05, 0) is 53.5 Å². The number of benzene rings is 1. The van der Waals surface area contributed by atoms with Crippen molar-refractivity contribution in [3.8, 4) is 0 Å². The molecule has 120 valence electrons. The van der Waals surface area contributed by atoms with Gasteiger partial charge < -0.3 is 10.2 Å². The normalized spacial score (nSPS) is 15.4. The molecule has 23 heavy (non-hydrogen) atoms. The molecule has 1 fully saturated rings. The lowest BCUT2D eigenvalue weighted by atomic mass is 9.96. The van der Waals surface area contributed by atoms with Crippen LogP contribution in [-0.4, -0.2) is 35.5 Å². The number of carbonyl (C=O) groups excluding carboxylic acids is 1. The zero-order chi connectivity index (χ0) is 16.1. The quantitative estimate of drug-likeness (QED) is 0.771. The Kier molecular flexibility index (Phi) is 5.43. The number of piperidine rings is 1. The first-order chi connectivity index (χ1) is 11.2. The fourth-order valence-corrected chi connectivity index (χ4v) is 3.43. The molecule has 0 spiro atoms. The standard InChI is InChI=1S/C17H19IN4O/c18-15-4-2-1-3-14(15)17(23)21-11-13-5-9-22(10-6-13)16-12-19-7-8-20-16/h1-4,7-8,12-13H,5-6,9-11H2,(H,21,23). The van der Waals surface area contributed by atoms with Crippen molar-refractivity contribution in [1.82, 2.24) is 15.3 Å². The molecule has 0 radical (unpaired) electrons. The van der Waals surface area contributed by atoms with Crippen molar-refractivity contribution < 1.29 is 4.79 Å². The Morgan fingerprint density at radius 3 is 2.74 bits per heavy atom. The van der Waals surface area contributed by atoms with Crippen LogP contribution in [0.2, 0.25) is 0 Å². The third-order valence-corrected chi connectivity index (χ3v) is 5.10.